The van der Waals surface area contributed by atoms with Gasteiger partial charge in [-0.15, -0.1) is 0 Å². The SMILES string of the molecule is O=S(=O)([O-])C(F)(F)C(F)(F)C(F)(F)C(F)(F)C(F)(F)C(F)(F)C(F)(F)C(F)(F)F.O=S(=O)([O-])C(F)(F)C(F)(F)C(F)(F)C(F)(F)C(F)(F)C(F)(F)C(F)(F)C(F)(F)F.O=S(=O)([O-])C(F)(F)C(F)(F)C(F)(F)C(F)(F)C(F)(F)C(F)(F)C(F)(F)C(F)(F)F.[Ho+3]. The second kappa shape index (κ2) is 23.1. The van der Waals surface area contributed by atoms with Crippen molar-refractivity contribution >= 4 is 30.4 Å². The first kappa shape index (κ1) is 91.8. The van der Waals surface area contributed by atoms with Gasteiger partial charge in [-0.2, -0.15) is 224 Å². The molecule has 0 aromatic rings. The summed E-state index contributed by atoms with van der Waals surface area (Å²) in [5, 5.41) is -23.9. The first-order valence-corrected chi connectivity index (χ1v) is 21.2. The van der Waals surface area contributed by atoms with E-state index in [0.29, 0.717) is 0 Å². The van der Waals surface area contributed by atoms with Gasteiger partial charge in [0.25, 0.3) is 0 Å². The van der Waals surface area contributed by atoms with Crippen LogP contribution in [-0.2, 0) is 30.4 Å². The Morgan fingerprint density at radius 2 is 0.216 bits per heavy atom. The third-order valence-electron chi connectivity index (χ3n) is 9.02. The molecular formula is C24F51HoO9S3. The van der Waals surface area contributed by atoms with E-state index in [4.69, 9.17) is 0 Å². The van der Waals surface area contributed by atoms with E-state index in [1.54, 1.807) is 0 Å². The molecule has 0 rings (SSSR count). The summed E-state index contributed by atoms with van der Waals surface area (Å²) in [6.07, 6.45) is -23.7. The number of hydrogen-bond acceptors (Lipinski definition) is 9. The second-order valence-electron chi connectivity index (χ2n) is 14.7. The molecular weight excluding hydrogens is 1660 g/mol. The molecule has 0 heterocycles. The van der Waals surface area contributed by atoms with E-state index in [-0.39, 0.29) is 37.7 Å². The normalized spacial score (nSPS) is 16.7. The molecule has 0 fully saturated rings. The fourth-order valence-electron chi connectivity index (χ4n) is 3.92. The monoisotopic (exact) mass is 1660 g/mol. The molecule has 536 valence electrons. The zero-order valence-corrected chi connectivity index (χ0v) is 40.9. The van der Waals surface area contributed by atoms with Crippen molar-refractivity contribution in [3.63, 3.8) is 0 Å². The minimum atomic E-state index is -8.92. The zero-order valence-electron chi connectivity index (χ0n) is 36.5. The molecule has 0 atom stereocenters. The Balaban J connectivity index is -0.000000598. The fraction of sp³-hybridized carbons (Fsp3) is 1.00. The van der Waals surface area contributed by atoms with Gasteiger partial charge >= 0.3 is 179 Å². The molecule has 0 saturated heterocycles. The van der Waals surface area contributed by atoms with Crippen molar-refractivity contribution < 1.29 is 301 Å². The van der Waals surface area contributed by atoms with Crippen LogP contribution in [0.2, 0.25) is 0 Å². The minimum absolute atomic E-state index is 0. The predicted octanol–water partition coefficient (Wildman–Crippen LogP) is 13.5. The van der Waals surface area contributed by atoms with E-state index >= 15 is 0 Å². The van der Waals surface area contributed by atoms with Gasteiger partial charge in [0, 0.05) is 0 Å². The summed E-state index contributed by atoms with van der Waals surface area (Å²) in [4.78, 5) is 0. The molecule has 0 aliphatic carbocycles. The van der Waals surface area contributed by atoms with Crippen LogP contribution in [-0.4, -0.2) is 180 Å². The van der Waals surface area contributed by atoms with Crippen LogP contribution in [0.5, 0.6) is 0 Å². The third-order valence-corrected chi connectivity index (χ3v) is 11.7. The van der Waals surface area contributed by atoms with Gasteiger partial charge in [0.15, 0.2) is 30.4 Å². The third kappa shape index (κ3) is 12.4. The molecule has 0 unspecified atom stereocenters. The van der Waals surface area contributed by atoms with Crippen LogP contribution in [0.25, 0.3) is 0 Å². The molecule has 0 saturated carbocycles. The van der Waals surface area contributed by atoms with Crippen molar-refractivity contribution in [2.24, 2.45) is 0 Å². The summed E-state index contributed by atoms with van der Waals surface area (Å²) in [6.45, 7) is 0. The van der Waals surface area contributed by atoms with Crippen molar-refractivity contribution in [2.75, 3.05) is 0 Å². The Bertz CT molecular complexity index is 2500. The van der Waals surface area contributed by atoms with Crippen LogP contribution in [0.4, 0.5) is 224 Å². The van der Waals surface area contributed by atoms with Crippen LogP contribution >= 0.6 is 0 Å². The summed E-state index contributed by atoms with van der Waals surface area (Å²) in [7, 11) is -24.4. The summed E-state index contributed by atoms with van der Waals surface area (Å²) >= 11 is 0. The molecule has 0 aromatic carbocycles. The van der Waals surface area contributed by atoms with E-state index in [2.05, 4.69) is 0 Å². The average Bonchev–Trinajstić information content (AvgIpc) is 3.23. The molecule has 0 radical (unpaired) electrons. The first-order valence-electron chi connectivity index (χ1n) is 17.0. The van der Waals surface area contributed by atoms with Gasteiger partial charge in [0.1, 0.15) is 0 Å². The molecule has 0 aliphatic heterocycles. The second-order valence-corrected chi connectivity index (χ2v) is 19.0. The van der Waals surface area contributed by atoms with Crippen LogP contribution in [0, 0.1) is 37.7 Å². The number of hydrogen-bond donors (Lipinski definition) is 0. The van der Waals surface area contributed by atoms with Gasteiger partial charge in [-0.3, -0.25) is 0 Å². The van der Waals surface area contributed by atoms with Gasteiger partial charge in [-0.25, -0.2) is 25.3 Å². The molecule has 88 heavy (non-hydrogen) atoms. The number of alkyl halides is 51. The van der Waals surface area contributed by atoms with Crippen LogP contribution < -0.4 is 0 Å². The van der Waals surface area contributed by atoms with E-state index in [0.717, 1.165) is 0 Å². The van der Waals surface area contributed by atoms with E-state index in [9.17, 15) is 263 Å². The van der Waals surface area contributed by atoms with Crippen LogP contribution in [0.3, 0.4) is 0 Å². The molecule has 0 N–H and O–H groups in total. The van der Waals surface area contributed by atoms with Crippen LogP contribution in [0.15, 0.2) is 0 Å². The van der Waals surface area contributed by atoms with Crippen molar-refractivity contribution in [1.29, 1.82) is 0 Å². The minimum Gasteiger partial charge on any atom is -0.743 e. The smallest absolute Gasteiger partial charge is 0.743 e. The molecule has 64 heteroatoms. The summed E-state index contributed by atoms with van der Waals surface area (Å²) < 4.78 is 732. The maximum atomic E-state index is 13.0. The Morgan fingerprint density at radius 1 is 0.148 bits per heavy atom. The van der Waals surface area contributed by atoms with Gasteiger partial charge < -0.3 is 13.7 Å². The van der Waals surface area contributed by atoms with E-state index in [1.165, 1.54) is 0 Å². The Morgan fingerprint density at radius 3 is 0.284 bits per heavy atom. The first-order chi connectivity index (χ1) is 36.0. The van der Waals surface area contributed by atoms with E-state index < -0.39 is 171 Å². The Kier molecular flexibility index (Phi) is 24.1. The maximum absolute atomic E-state index is 13.0. The van der Waals surface area contributed by atoms with Gasteiger partial charge in [0.2, 0.25) is 0 Å². The number of halogens is 51. The van der Waals surface area contributed by atoms with E-state index in [1.807, 2.05) is 0 Å². The summed E-state index contributed by atoms with van der Waals surface area (Å²) in [6, 6.07) is 0. The summed E-state index contributed by atoms with van der Waals surface area (Å²) in [5.41, 5.74) is 0. The largest absolute Gasteiger partial charge is 3.00 e. The molecule has 0 bridgehead atoms. The molecule has 0 amide bonds. The summed E-state index contributed by atoms with van der Waals surface area (Å²) in [5.74, 6) is -156. The van der Waals surface area contributed by atoms with Crippen molar-refractivity contribution in [3.05, 3.63) is 0 Å². The predicted molar refractivity (Wildman–Crippen MR) is 151 cm³/mol. The van der Waals surface area contributed by atoms with Crippen molar-refractivity contribution in [1.82, 2.24) is 0 Å². The Hall–Kier alpha value is -2.58. The van der Waals surface area contributed by atoms with Crippen molar-refractivity contribution in [2.45, 2.75) is 141 Å². The average molecular weight is 1660 g/mol. The number of rotatable bonds is 21. The van der Waals surface area contributed by atoms with Gasteiger partial charge in [-0.05, 0) is 0 Å². The topological polar surface area (TPSA) is 172 Å². The van der Waals surface area contributed by atoms with Gasteiger partial charge in [-0.1, -0.05) is 0 Å². The van der Waals surface area contributed by atoms with Crippen LogP contribution in [0.1, 0.15) is 0 Å². The molecule has 0 aliphatic rings. The maximum Gasteiger partial charge on any atom is 3.00 e. The zero-order chi connectivity index (χ0) is 73.5. The molecule has 0 spiro atoms. The standard InChI is InChI=1S/3C8HF17O3S.Ho/c3*9-1(10,3(13,14)5(17,18)7(21,22)23)2(11,12)4(15,16)6(19,20)8(24,25)29(26,27)28;/h3*(H,26,27,28);/q;;;+3/p-3. The molecule has 9 nitrogen and oxygen atoms in total. The fourth-order valence-corrected chi connectivity index (χ4v) is 5.25. The Labute approximate surface area is 471 Å². The molecule has 0 aromatic heterocycles. The van der Waals surface area contributed by atoms with Gasteiger partial charge in [0.05, 0.1) is 0 Å². The quantitative estimate of drug-likeness (QED) is 0.0616. The van der Waals surface area contributed by atoms with Crippen molar-refractivity contribution in [3.8, 4) is 0 Å².